The first-order valence-electron chi connectivity index (χ1n) is 7.00. The molecule has 0 bridgehead atoms. The van der Waals surface area contributed by atoms with Gasteiger partial charge < -0.3 is 9.80 Å². The van der Waals surface area contributed by atoms with Crippen molar-refractivity contribution < 1.29 is 0 Å². The number of piperazine rings is 1. The minimum absolute atomic E-state index is 0.712. The lowest BCUT2D eigenvalue weighted by Crippen LogP contribution is -2.54. The van der Waals surface area contributed by atoms with Crippen molar-refractivity contribution in [2.24, 2.45) is 0 Å². The van der Waals surface area contributed by atoms with Crippen LogP contribution < -0.4 is 4.90 Å². The van der Waals surface area contributed by atoms with Crippen molar-refractivity contribution in [3.8, 4) is 0 Å². The normalized spacial score (nSPS) is 27.6. The quantitative estimate of drug-likeness (QED) is 0.834. The molecule has 0 aliphatic carbocycles. The predicted octanol–water partition coefficient (Wildman–Crippen LogP) is 0.626. The highest BCUT2D eigenvalue weighted by atomic mass is 15.3. The van der Waals surface area contributed by atoms with E-state index in [0.29, 0.717) is 6.04 Å². The topological polar surface area (TPSA) is 38.4 Å². The summed E-state index contributed by atoms with van der Waals surface area (Å²) in [5.41, 5.74) is 0. The van der Waals surface area contributed by atoms with E-state index in [0.717, 1.165) is 18.9 Å². The van der Waals surface area contributed by atoms with Crippen molar-refractivity contribution in [2.45, 2.75) is 18.9 Å². The number of anilines is 1. The van der Waals surface area contributed by atoms with Crippen molar-refractivity contribution in [3.05, 3.63) is 12.3 Å². The Bertz CT molecular complexity index is 355. The second-order valence-electron chi connectivity index (χ2n) is 5.51. The van der Waals surface area contributed by atoms with Crippen LogP contribution in [0.15, 0.2) is 12.3 Å². The van der Waals surface area contributed by atoms with E-state index in [1.807, 2.05) is 6.20 Å². The van der Waals surface area contributed by atoms with Crippen LogP contribution in [0.5, 0.6) is 0 Å². The third-order valence-electron chi connectivity index (χ3n) is 4.26. The monoisotopic (exact) mass is 249 g/mol. The van der Waals surface area contributed by atoms with Gasteiger partial charge in [0.1, 0.15) is 5.82 Å². The SMILES string of the molecule is CN1CCN([C@H]2CCCN(c3cc[nH]n3)C2)CC1. The summed E-state index contributed by atoms with van der Waals surface area (Å²) in [6.45, 7) is 7.13. The van der Waals surface area contributed by atoms with E-state index in [2.05, 4.69) is 38.0 Å². The molecule has 0 radical (unpaired) electrons. The minimum Gasteiger partial charge on any atom is -0.354 e. The van der Waals surface area contributed by atoms with Crippen LogP contribution in [0.2, 0.25) is 0 Å². The number of aromatic nitrogens is 2. The fourth-order valence-corrected chi connectivity index (χ4v) is 3.08. The first-order valence-corrected chi connectivity index (χ1v) is 7.00. The van der Waals surface area contributed by atoms with Crippen molar-refractivity contribution in [3.63, 3.8) is 0 Å². The first-order chi connectivity index (χ1) is 8.83. The maximum absolute atomic E-state index is 4.31. The Labute approximate surface area is 109 Å². The summed E-state index contributed by atoms with van der Waals surface area (Å²) in [4.78, 5) is 7.51. The molecule has 0 amide bonds. The standard InChI is InChI=1S/C13H23N5/c1-16-7-9-17(10-8-16)12-3-2-6-18(11-12)13-4-5-14-15-13/h4-5,12H,2-3,6-11H2,1H3,(H,14,15)/t12-/m0/s1. The lowest BCUT2D eigenvalue weighted by Gasteiger charge is -2.42. The summed E-state index contributed by atoms with van der Waals surface area (Å²) >= 11 is 0. The number of H-pyrrole nitrogens is 1. The molecule has 2 fully saturated rings. The molecule has 5 nitrogen and oxygen atoms in total. The van der Waals surface area contributed by atoms with Crippen LogP contribution in [0.3, 0.4) is 0 Å². The smallest absolute Gasteiger partial charge is 0.150 e. The number of nitrogens with zero attached hydrogens (tertiary/aromatic N) is 4. The van der Waals surface area contributed by atoms with E-state index in [-0.39, 0.29) is 0 Å². The highest BCUT2D eigenvalue weighted by Gasteiger charge is 2.27. The van der Waals surface area contributed by atoms with Gasteiger partial charge in [0.25, 0.3) is 0 Å². The average molecular weight is 249 g/mol. The molecule has 2 aliphatic heterocycles. The number of likely N-dealkylation sites (N-methyl/N-ethyl adjacent to an activating group) is 1. The fourth-order valence-electron chi connectivity index (χ4n) is 3.08. The van der Waals surface area contributed by atoms with Gasteiger partial charge in [-0.1, -0.05) is 0 Å². The predicted molar refractivity (Wildman–Crippen MR) is 72.9 cm³/mol. The van der Waals surface area contributed by atoms with Gasteiger partial charge in [-0.15, -0.1) is 0 Å². The molecule has 2 saturated heterocycles. The van der Waals surface area contributed by atoms with E-state index in [9.17, 15) is 0 Å². The maximum atomic E-state index is 4.31. The molecule has 1 N–H and O–H groups in total. The summed E-state index contributed by atoms with van der Waals surface area (Å²) < 4.78 is 0. The van der Waals surface area contributed by atoms with Crippen molar-refractivity contribution in [1.29, 1.82) is 0 Å². The largest absolute Gasteiger partial charge is 0.354 e. The zero-order valence-corrected chi connectivity index (χ0v) is 11.2. The third kappa shape index (κ3) is 2.52. The first kappa shape index (κ1) is 12.0. The number of piperidine rings is 1. The van der Waals surface area contributed by atoms with Gasteiger partial charge in [-0.25, -0.2) is 0 Å². The van der Waals surface area contributed by atoms with Crippen molar-refractivity contribution in [1.82, 2.24) is 20.0 Å². The summed E-state index contributed by atoms with van der Waals surface area (Å²) in [7, 11) is 2.22. The number of aromatic amines is 1. The summed E-state index contributed by atoms with van der Waals surface area (Å²) in [5, 5.41) is 7.22. The Balaban J connectivity index is 1.60. The molecule has 1 atom stereocenters. The van der Waals surface area contributed by atoms with E-state index in [1.165, 1.54) is 39.0 Å². The van der Waals surface area contributed by atoms with Gasteiger partial charge in [0, 0.05) is 57.6 Å². The van der Waals surface area contributed by atoms with Crippen LogP contribution >= 0.6 is 0 Å². The van der Waals surface area contributed by atoms with Gasteiger partial charge in [-0.3, -0.25) is 10.00 Å². The van der Waals surface area contributed by atoms with Gasteiger partial charge in [0.15, 0.2) is 0 Å². The van der Waals surface area contributed by atoms with E-state index in [1.54, 1.807) is 0 Å². The van der Waals surface area contributed by atoms with Crippen LogP contribution in [-0.4, -0.2) is 72.4 Å². The molecule has 0 unspecified atom stereocenters. The van der Waals surface area contributed by atoms with Gasteiger partial charge in [-0.05, 0) is 19.9 Å². The molecule has 0 aromatic carbocycles. The molecule has 2 aliphatic rings. The molecule has 1 aromatic heterocycles. The van der Waals surface area contributed by atoms with Gasteiger partial charge in [-0.2, -0.15) is 5.10 Å². The molecule has 3 rings (SSSR count). The van der Waals surface area contributed by atoms with Crippen LogP contribution in [-0.2, 0) is 0 Å². The molecule has 0 spiro atoms. The fraction of sp³-hybridized carbons (Fsp3) is 0.769. The Morgan fingerprint density at radius 1 is 1.22 bits per heavy atom. The lowest BCUT2D eigenvalue weighted by molar-refractivity contribution is 0.102. The molecule has 18 heavy (non-hydrogen) atoms. The Morgan fingerprint density at radius 2 is 2.06 bits per heavy atom. The number of hydrogen-bond acceptors (Lipinski definition) is 4. The molecule has 1 aromatic rings. The zero-order valence-electron chi connectivity index (χ0n) is 11.2. The van der Waals surface area contributed by atoms with Crippen LogP contribution in [0.1, 0.15) is 12.8 Å². The minimum atomic E-state index is 0.712. The molecule has 0 saturated carbocycles. The Morgan fingerprint density at radius 3 is 2.78 bits per heavy atom. The second-order valence-corrected chi connectivity index (χ2v) is 5.51. The third-order valence-corrected chi connectivity index (χ3v) is 4.26. The van der Waals surface area contributed by atoms with Crippen LogP contribution in [0, 0.1) is 0 Å². The maximum Gasteiger partial charge on any atom is 0.150 e. The number of hydrogen-bond donors (Lipinski definition) is 1. The summed E-state index contributed by atoms with van der Waals surface area (Å²) in [6.07, 6.45) is 4.53. The van der Waals surface area contributed by atoms with Gasteiger partial charge in [0.05, 0.1) is 0 Å². The molecule has 100 valence electrons. The summed E-state index contributed by atoms with van der Waals surface area (Å²) in [5.74, 6) is 1.11. The molecule has 3 heterocycles. The van der Waals surface area contributed by atoms with Gasteiger partial charge in [0.2, 0.25) is 0 Å². The molecular formula is C13H23N5. The molecule has 5 heteroatoms. The van der Waals surface area contributed by atoms with E-state index in [4.69, 9.17) is 0 Å². The molecular weight excluding hydrogens is 226 g/mol. The van der Waals surface area contributed by atoms with E-state index >= 15 is 0 Å². The lowest BCUT2D eigenvalue weighted by atomic mass is 10.0. The summed E-state index contributed by atoms with van der Waals surface area (Å²) in [6, 6.07) is 2.79. The van der Waals surface area contributed by atoms with Gasteiger partial charge >= 0.3 is 0 Å². The van der Waals surface area contributed by atoms with Crippen LogP contribution in [0.25, 0.3) is 0 Å². The Kier molecular flexibility index (Phi) is 3.52. The highest BCUT2D eigenvalue weighted by molar-refractivity contribution is 5.37. The Hall–Kier alpha value is -1.07. The average Bonchev–Trinajstić information content (AvgIpc) is 2.94. The zero-order chi connectivity index (χ0) is 12.4. The van der Waals surface area contributed by atoms with E-state index < -0.39 is 0 Å². The van der Waals surface area contributed by atoms with Crippen molar-refractivity contribution in [2.75, 3.05) is 51.2 Å². The number of nitrogens with one attached hydrogen (secondary N) is 1. The van der Waals surface area contributed by atoms with Crippen LogP contribution in [0.4, 0.5) is 5.82 Å². The highest BCUT2D eigenvalue weighted by Crippen LogP contribution is 2.21. The number of rotatable bonds is 2. The van der Waals surface area contributed by atoms with Crippen molar-refractivity contribution >= 4 is 5.82 Å². The second kappa shape index (κ2) is 5.28.